The van der Waals surface area contributed by atoms with Crippen molar-refractivity contribution >= 4 is 17.6 Å². The number of nitrogens with one attached hydrogen (secondary N) is 2. The molecule has 3 aromatic carbocycles. The highest BCUT2D eigenvalue weighted by molar-refractivity contribution is 5.98. The molecular formula is C26H25N5O4. The van der Waals surface area contributed by atoms with Crippen LogP contribution < -0.4 is 26.3 Å². The molecule has 0 unspecified atom stereocenters. The van der Waals surface area contributed by atoms with Crippen molar-refractivity contribution in [2.45, 2.75) is 13.0 Å². The van der Waals surface area contributed by atoms with E-state index in [0.717, 1.165) is 5.56 Å². The summed E-state index contributed by atoms with van der Waals surface area (Å²) in [6.45, 7) is 1.02. The first-order chi connectivity index (χ1) is 16.9. The van der Waals surface area contributed by atoms with Crippen LogP contribution in [0.15, 0.2) is 66.7 Å². The third-order valence-electron chi connectivity index (χ3n) is 5.03. The van der Waals surface area contributed by atoms with Gasteiger partial charge in [0.05, 0.1) is 30.4 Å². The zero-order valence-corrected chi connectivity index (χ0v) is 18.9. The Morgan fingerprint density at radius 2 is 1.57 bits per heavy atom. The van der Waals surface area contributed by atoms with Gasteiger partial charge in [-0.05, 0) is 48.0 Å². The van der Waals surface area contributed by atoms with Crippen LogP contribution in [0.3, 0.4) is 0 Å². The maximum Gasteiger partial charge on any atom is 0.252 e. The molecule has 0 spiro atoms. The lowest BCUT2D eigenvalue weighted by atomic mass is 10.1. The maximum absolute atomic E-state index is 12.3. The number of amidine groups is 1. The molecule has 3 rings (SSSR count). The zero-order valence-electron chi connectivity index (χ0n) is 18.9. The van der Waals surface area contributed by atoms with Gasteiger partial charge >= 0.3 is 0 Å². The fourth-order valence-corrected chi connectivity index (χ4v) is 3.14. The molecule has 0 heterocycles. The molecule has 9 nitrogen and oxygen atoms in total. The number of primary amides is 1. The van der Waals surface area contributed by atoms with Gasteiger partial charge in [-0.15, -0.1) is 0 Å². The molecule has 178 valence electrons. The van der Waals surface area contributed by atoms with Crippen LogP contribution in [0, 0.1) is 16.7 Å². The molecule has 9 heteroatoms. The van der Waals surface area contributed by atoms with E-state index in [4.69, 9.17) is 31.6 Å². The number of carbonyl (C=O) groups is 2. The molecule has 0 fully saturated rings. The van der Waals surface area contributed by atoms with Gasteiger partial charge in [-0.25, -0.2) is 0 Å². The lowest BCUT2D eigenvalue weighted by molar-refractivity contribution is 0.0949. The highest BCUT2D eigenvalue weighted by atomic mass is 16.5. The number of nitriles is 1. The molecule has 35 heavy (non-hydrogen) atoms. The van der Waals surface area contributed by atoms with Crippen molar-refractivity contribution < 1.29 is 19.1 Å². The Morgan fingerprint density at radius 3 is 2.20 bits per heavy atom. The van der Waals surface area contributed by atoms with Crippen LogP contribution in [-0.4, -0.2) is 30.9 Å². The van der Waals surface area contributed by atoms with Crippen LogP contribution in [0.4, 0.5) is 0 Å². The van der Waals surface area contributed by atoms with E-state index in [1.807, 2.05) is 30.3 Å². The van der Waals surface area contributed by atoms with E-state index >= 15 is 0 Å². The molecule has 0 radical (unpaired) electrons. The second-order valence-corrected chi connectivity index (χ2v) is 7.56. The van der Waals surface area contributed by atoms with Gasteiger partial charge in [0.2, 0.25) is 0 Å². The molecule has 0 bridgehead atoms. The molecule has 0 atom stereocenters. The molecule has 0 aliphatic heterocycles. The van der Waals surface area contributed by atoms with Gasteiger partial charge < -0.3 is 26.3 Å². The summed E-state index contributed by atoms with van der Waals surface area (Å²) in [5.74, 6) is 0.0551. The monoisotopic (exact) mass is 471 g/mol. The summed E-state index contributed by atoms with van der Waals surface area (Å²) in [5.41, 5.74) is 13.3. The molecule has 6 N–H and O–H groups in total. The maximum atomic E-state index is 12.3. The number of rotatable bonds is 11. The van der Waals surface area contributed by atoms with Gasteiger partial charge in [-0.2, -0.15) is 5.26 Å². The third kappa shape index (κ3) is 7.07. The number of hydrogen-bond acceptors (Lipinski definition) is 6. The number of ether oxygens (including phenoxy) is 2. The molecule has 0 aromatic heterocycles. The minimum absolute atomic E-state index is 0.0469. The van der Waals surface area contributed by atoms with Gasteiger partial charge in [0.25, 0.3) is 11.8 Å². The molecule has 0 aliphatic rings. The first-order valence-electron chi connectivity index (χ1n) is 10.8. The molecule has 0 saturated carbocycles. The molecule has 0 saturated heterocycles. The first kappa shape index (κ1) is 24.8. The van der Waals surface area contributed by atoms with E-state index in [2.05, 4.69) is 5.32 Å². The van der Waals surface area contributed by atoms with Gasteiger partial charge in [0, 0.05) is 24.1 Å². The number of carbonyl (C=O) groups excluding carboxylic acids is 2. The standard InChI is InChI=1S/C26H25N5O4/c27-15-18-4-11-22(25(30)32)23(14-18)35-13-1-12-34-21-9-2-17(3-10-21)16-31-26(33)20-7-5-19(6-8-20)24(28)29/h2-11,14H,1,12-13,16H2,(H3,28,29)(H2,30,32)(H,31,33). The topological polar surface area (TPSA) is 164 Å². The Labute approximate surface area is 202 Å². The van der Waals surface area contributed by atoms with Crippen LogP contribution in [0.1, 0.15) is 43.8 Å². The molecule has 3 aromatic rings. The predicted octanol–water partition coefficient (Wildman–Crippen LogP) is 2.72. The zero-order chi connectivity index (χ0) is 25.2. The van der Waals surface area contributed by atoms with E-state index in [1.54, 1.807) is 24.3 Å². The Kier molecular flexibility index (Phi) is 8.40. The molecule has 0 aliphatic carbocycles. The lowest BCUT2D eigenvalue weighted by Crippen LogP contribution is -2.23. The highest BCUT2D eigenvalue weighted by Gasteiger charge is 2.11. The van der Waals surface area contributed by atoms with E-state index < -0.39 is 5.91 Å². The number of hydrogen-bond donors (Lipinski definition) is 4. The smallest absolute Gasteiger partial charge is 0.252 e. The van der Waals surface area contributed by atoms with Gasteiger partial charge in [0.15, 0.2) is 0 Å². The highest BCUT2D eigenvalue weighted by Crippen LogP contribution is 2.20. The average molecular weight is 472 g/mol. The summed E-state index contributed by atoms with van der Waals surface area (Å²) in [4.78, 5) is 23.8. The second-order valence-electron chi connectivity index (χ2n) is 7.56. The van der Waals surface area contributed by atoms with Crippen molar-refractivity contribution in [3.8, 4) is 17.6 Å². The quantitative estimate of drug-likeness (QED) is 0.191. The number of nitrogens with two attached hydrogens (primary N) is 2. The Morgan fingerprint density at radius 1 is 0.914 bits per heavy atom. The van der Waals surface area contributed by atoms with Crippen LogP contribution in [0.5, 0.6) is 11.5 Å². The van der Waals surface area contributed by atoms with E-state index in [-0.39, 0.29) is 29.7 Å². The largest absolute Gasteiger partial charge is 0.493 e. The first-order valence-corrected chi connectivity index (χ1v) is 10.8. The molecule has 2 amide bonds. The van der Waals surface area contributed by atoms with Gasteiger partial charge in [0.1, 0.15) is 17.3 Å². The van der Waals surface area contributed by atoms with E-state index in [1.165, 1.54) is 18.2 Å². The number of nitrogen functional groups attached to an aromatic ring is 1. The summed E-state index contributed by atoms with van der Waals surface area (Å²) >= 11 is 0. The van der Waals surface area contributed by atoms with Crippen molar-refractivity contribution in [1.82, 2.24) is 5.32 Å². The minimum Gasteiger partial charge on any atom is -0.493 e. The fraction of sp³-hybridized carbons (Fsp3) is 0.154. The molecular weight excluding hydrogens is 446 g/mol. The summed E-state index contributed by atoms with van der Waals surface area (Å²) in [7, 11) is 0. The fourth-order valence-electron chi connectivity index (χ4n) is 3.14. The van der Waals surface area contributed by atoms with Crippen LogP contribution in [-0.2, 0) is 6.54 Å². The van der Waals surface area contributed by atoms with Gasteiger partial charge in [-0.1, -0.05) is 24.3 Å². The Balaban J connectivity index is 1.41. The van der Waals surface area contributed by atoms with Crippen LogP contribution in [0.25, 0.3) is 0 Å². The minimum atomic E-state index is -0.622. The van der Waals surface area contributed by atoms with Crippen molar-refractivity contribution in [1.29, 1.82) is 10.7 Å². The van der Waals surface area contributed by atoms with Crippen LogP contribution in [0.2, 0.25) is 0 Å². The van der Waals surface area contributed by atoms with Crippen molar-refractivity contribution in [2.24, 2.45) is 11.5 Å². The second kappa shape index (κ2) is 11.9. The Bertz CT molecular complexity index is 1250. The van der Waals surface area contributed by atoms with Gasteiger partial charge in [-0.3, -0.25) is 15.0 Å². The van der Waals surface area contributed by atoms with Crippen LogP contribution >= 0.6 is 0 Å². The average Bonchev–Trinajstić information content (AvgIpc) is 2.87. The predicted molar refractivity (Wildman–Crippen MR) is 130 cm³/mol. The lowest BCUT2D eigenvalue weighted by Gasteiger charge is -2.11. The number of benzene rings is 3. The normalized spacial score (nSPS) is 10.1. The third-order valence-corrected chi connectivity index (χ3v) is 5.03. The summed E-state index contributed by atoms with van der Waals surface area (Å²) in [6, 6.07) is 20.3. The summed E-state index contributed by atoms with van der Waals surface area (Å²) < 4.78 is 11.3. The Hall–Kier alpha value is -4.84. The van der Waals surface area contributed by atoms with Crippen molar-refractivity contribution in [2.75, 3.05) is 13.2 Å². The van der Waals surface area contributed by atoms with E-state index in [9.17, 15) is 9.59 Å². The number of nitrogens with zero attached hydrogens (tertiary/aromatic N) is 1. The van der Waals surface area contributed by atoms with E-state index in [0.29, 0.717) is 42.0 Å². The SMILES string of the molecule is N#Cc1ccc(C(N)=O)c(OCCCOc2ccc(CNC(=O)c3ccc(C(=N)N)cc3)cc2)c1. The summed E-state index contributed by atoms with van der Waals surface area (Å²) in [6.07, 6.45) is 0.551. The van der Waals surface area contributed by atoms with Crippen molar-refractivity contribution in [3.63, 3.8) is 0 Å². The summed E-state index contributed by atoms with van der Waals surface area (Å²) in [5, 5.41) is 19.3. The van der Waals surface area contributed by atoms with Crippen molar-refractivity contribution in [3.05, 3.63) is 94.5 Å². The number of amides is 2.